The van der Waals surface area contributed by atoms with E-state index in [0.717, 1.165) is 47.8 Å². The Labute approximate surface area is 160 Å². The second-order valence-electron chi connectivity index (χ2n) is 6.97. The van der Waals surface area contributed by atoms with E-state index in [1.165, 1.54) is 0 Å². The largest absolute Gasteiger partial charge is 0.497 e. The fourth-order valence-corrected chi connectivity index (χ4v) is 3.40. The first-order chi connectivity index (χ1) is 13.1. The van der Waals surface area contributed by atoms with Crippen molar-refractivity contribution in [2.24, 2.45) is 5.92 Å². The third kappa shape index (κ3) is 4.56. The summed E-state index contributed by atoms with van der Waals surface area (Å²) in [5.41, 5.74) is 2.82. The third-order valence-electron chi connectivity index (χ3n) is 5.10. The SMILES string of the molecule is CCCCc1cnc(-c2ccc(OC)cc2)c(N2CCC(C(=O)O)CC2)n1. The van der Waals surface area contributed by atoms with Gasteiger partial charge in [0.05, 0.1) is 18.7 Å². The molecule has 1 fully saturated rings. The van der Waals surface area contributed by atoms with E-state index in [9.17, 15) is 9.90 Å². The predicted octanol–water partition coefficient (Wildman–Crippen LogP) is 3.80. The summed E-state index contributed by atoms with van der Waals surface area (Å²) >= 11 is 0. The van der Waals surface area contributed by atoms with Crippen LogP contribution in [-0.4, -0.2) is 41.2 Å². The molecule has 2 heterocycles. The number of aromatic nitrogens is 2. The fraction of sp³-hybridized carbons (Fsp3) is 0.476. The molecule has 0 aliphatic carbocycles. The van der Waals surface area contributed by atoms with E-state index in [4.69, 9.17) is 14.7 Å². The van der Waals surface area contributed by atoms with Crippen LogP contribution in [0.5, 0.6) is 5.75 Å². The molecule has 0 saturated carbocycles. The molecule has 6 nitrogen and oxygen atoms in total. The van der Waals surface area contributed by atoms with Crippen LogP contribution in [0.15, 0.2) is 30.5 Å². The Morgan fingerprint density at radius 1 is 1.26 bits per heavy atom. The number of aryl methyl sites for hydroxylation is 1. The van der Waals surface area contributed by atoms with Gasteiger partial charge in [0.2, 0.25) is 0 Å². The van der Waals surface area contributed by atoms with Crippen molar-refractivity contribution in [1.29, 1.82) is 0 Å². The first-order valence-corrected chi connectivity index (χ1v) is 9.60. The monoisotopic (exact) mass is 369 g/mol. The summed E-state index contributed by atoms with van der Waals surface area (Å²) in [5.74, 6) is 0.697. The predicted molar refractivity (Wildman–Crippen MR) is 105 cm³/mol. The number of unbranched alkanes of at least 4 members (excludes halogenated alkanes) is 1. The Balaban J connectivity index is 1.91. The number of ether oxygens (including phenoxy) is 1. The first kappa shape index (κ1) is 19.1. The van der Waals surface area contributed by atoms with E-state index in [0.29, 0.717) is 25.9 Å². The number of aliphatic carboxylic acids is 1. The van der Waals surface area contributed by atoms with Crippen LogP contribution in [0, 0.1) is 5.92 Å². The van der Waals surface area contributed by atoms with Gasteiger partial charge in [-0.15, -0.1) is 0 Å². The Morgan fingerprint density at radius 3 is 2.56 bits per heavy atom. The lowest BCUT2D eigenvalue weighted by atomic mass is 9.97. The van der Waals surface area contributed by atoms with Gasteiger partial charge >= 0.3 is 5.97 Å². The van der Waals surface area contributed by atoms with Crippen LogP contribution in [0.25, 0.3) is 11.3 Å². The molecule has 1 aromatic carbocycles. The molecule has 0 spiro atoms. The average molecular weight is 369 g/mol. The van der Waals surface area contributed by atoms with Gasteiger partial charge in [-0.05, 0) is 49.9 Å². The minimum absolute atomic E-state index is 0.262. The van der Waals surface area contributed by atoms with E-state index in [2.05, 4.69) is 11.8 Å². The normalized spacial score (nSPS) is 15.0. The van der Waals surface area contributed by atoms with E-state index < -0.39 is 5.97 Å². The van der Waals surface area contributed by atoms with Crippen molar-refractivity contribution >= 4 is 11.8 Å². The quantitative estimate of drug-likeness (QED) is 0.800. The Kier molecular flexibility index (Phi) is 6.27. The smallest absolute Gasteiger partial charge is 0.306 e. The standard InChI is InChI=1S/C21H27N3O3/c1-3-4-5-17-14-22-19(15-6-8-18(27-2)9-7-15)20(23-17)24-12-10-16(11-13-24)21(25)26/h6-9,14,16H,3-5,10-13H2,1-2H3,(H,25,26). The highest BCUT2D eigenvalue weighted by atomic mass is 16.5. The number of nitrogens with zero attached hydrogens (tertiary/aromatic N) is 3. The van der Waals surface area contributed by atoms with Crippen LogP contribution in [0.2, 0.25) is 0 Å². The molecule has 1 aliphatic rings. The van der Waals surface area contributed by atoms with Crippen molar-refractivity contribution in [3.05, 3.63) is 36.2 Å². The number of benzene rings is 1. The van der Waals surface area contributed by atoms with Gasteiger partial charge in [-0.2, -0.15) is 0 Å². The van der Waals surface area contributed by atoms with Crippen LogP contribution < -0.4 is 9.64 Å². The zero-order chi connectivity index (χ0) is 19.2. The molecule has 1 N–H and O–H groups in total. The van der Waals surface area contributed by atoms with E-state index in [1.807, 2.05) is 30.5 Å². The average Bonchev–Trinajstić information content (AvgIpc) is 2.72. The van der Waals surface area contributed by atoms with Crippen molar-refractivity contribution < 1.29 is 14.6 Å². The molecule has 0 radical (unpaired) electrons. The summed E-state index contributed by atoms with van der Waals surface area (Å²) < 4.78 is 5.25. The molecule has 3 rings (SSSR count). The molecule has 27 heavy (non-hydrogen) atoms. The highest BCUT2D eigenvalue weighted by Gasteiger charge is 2.27. The Bertz CT molecular complexity index is 769. The molecule has 0 amide bonds. The molecule has 1 saturated heterocycles. The molecule has 2 aromatic rings. The third-order valence-corrected chi connectivity index (χ3v) is 5.10. The molecule has 1 aliphatic heterocycles. The lowest BCUT2D eigenvalue weighted by Gasteiger charge is -2.32. The van der Waals surface area contributed by atoms with E-state index in [1.54, 1.807) is 7.11 Å². The summed E-state index contributed by atoms with van der Waals surface area (Å²) in [6, 6.07) is 7.81. The zero-order valence-corrected chi connectivity index (χ0v) is 16.0. The van der Waals surface area contributed by atoms with Crippen LogP contribution in [0.1, 0.15) is 38.3 Å². The number of hydrogen-bond acceptors (Lipinski definition) is 5. The maximum atomic E-state index is 11.3. The van der Waals surface area contributed by atoms with Gasteiger partial charge in [0, 0.05) is 24.8 Å². The van der Waals surface area contributed by atoms with Crippen molar-refractivity contribution in [2.75, 3.05) is 25.1 Å². The number of anilines is 1. The molecule has 0 unspecified atom stereocenters. The van der Waals surface area contributed by atoms with Gasteiger partial charge in [0.15, 0.2) is 5.82 Å². The van der Waals surface area contributed by atoms with Gasteiger partial charge in [0.25, 0.3) is 0 Å². The molecule has 6 heteroatoms. The maximum absolute atomic E-state index is 11.3. The second-order valence-corrected chi connectivity index (χ2v) is 6.97. The summed E-state index contributed by atoms with van der Waals surface area (Å²) in [6.07, 6.45) is 6.24. The number of carboxylic acids is 1. The van der Waals surface area contributed by atoms with Gasteiger partial charge in [-0.25, -0.2) is 4.98 Å². The van der Waals surface area contributed by atoms with Gasteiger partial charge in [0.1, 0.15) is 11.4 Å². The molecule has 144 valence electrons. The molecule has 0 atom stereocenters. The van der Waals surface area contributed by atoms with E-state index >= 15 is 0 Å². The van der Waals surface area contributed by atoms with Crippen LogP contribution >= 0.6 is 0 Å². The second kappa shape index (κ2) is 8.84. The minimum atomic E-state index is -0.701. The number of piperidine rings is 1. The van der Waals surface area contributed by atoms with Crippen molar-refractivity contribution in [3.8, 4) is 17.0 Å². The van der Waals surface area contributed by atoms with Crippen molar-refractivity contribution in [3.63, 3.8) is 0 Å². The lowest BCUT2D eigenvalue weighted by molar-refractivity contribution is -0.142. The maximum Gasteiger partial charge on any atom is 0.306 e. The highest BCUT2D eigenvalue weighted by molar-refractivity contribution is 5.74. The lowest BCUT2D eigenvalue weighted by Crippen LogP contribution is -2.37. The molecule has 1 aromatic heterocycles. The fourth-order valence-electron chi connectivity index (χ4n) is 3.40. The van der Waals surface area contributed by atoms with Crippen LogP contribution in [-0.2, 0) is 11.2 Å². The van der Waals surface area contributed by atoms with E-state index in [-0.39, 0.29) is 5.92 Å². The summed E-state index contributed by atoms with van der Waals surface area (Å²) in [4.78, 5) is 23.1. The number of rotatable bonds is 7. The molecular formula is C21H27N3O3. The Morgan fingerprint density at radius 2 is 1.96 bits per heavy atom. The van der Waals surface area contributed by atoms with Gasteiger partial charge in [-0.3, -0.25) is 9.78 Å². The highest BCUT2D eigenvalue weighted by Crippen LogP contribution is 2.31. The number of methoxy groups -OCH3 is 1. The number of hydrogen-bond donors (Lipinski definition) is 1. The van der Waals surface area contributed by atoms with Crippen molar-refractivity contribution in [2.45, 2.75) is 39.0 Å². The van der Waals surface area contributed by atoms with Gasteiger partial charge in [-0.1, -0.05) is 13.3 Å². The minimum Gasteiger partial charge on any atom is -0.497 e. The topological polar surface area (TPSA) is 75.5 Å². The molecular weight excluding hydrogens is 342 g/mol. The number of carbonyl (C=O) groups is 1. The summed E-state index contributed by atoms with van der Waals surface area (Å²) in [6.45, 7) is 3.54. The van der Waals surface area contributed by atoms with Crippen LogP contribution in [0.4, 0.5) is 5.82 Å². The Hall–Kier alpha value is -2.63. The van der Waals surface area contributed by atoms with Crippen molar-refractivity contribution in [1.82, 2.24) is 9.97 Å². The van der Waals surface area contributed by atoms with Gasteiger partial charge < -0.3 is 14.7 Å². The number of carboxylic acid groups (broad SMARTS) is 1. The summed E-state index contributed by atoms with van der Waals surface area (Å²) in [5, 5.41) is 9.26. The first-order valence-electron chi connectivity index (χ1n) is 9.60. The molecule has 0 bridgehead atoms. The summed E-state index contributed by atoms with van der Waals surface area (Å²) in [7, 11) is 1.65. The zero-order valence-electron chi connectivity index (χ0n) is 16.0. The van der Waals surface area contributed by atoms with Crippen LogP contribution in [0.3, 0.4) is 0 Å².